The van der Waals surface area contributed by atoms with Gasteiger partial charge in [0.05, 0.1) is 0 Å². The highest BCUT2D eigenvalue weighted by molar-refractivity contribution is 5.67. The largest absolute Gasteiger partial charge is 0.481 e. The Kier molecular flexibility index (Phi) is 4.93. The average Bonchev–Trinajstić information content (AvgIpc) is 2.56. The number of hydrogen-bond donors (Lipinski definition) is 1. The first-order valence-corrected chi connectivity index (χ1v) is 8.33. The van der Waals surface area contributed by atoms with Gasteiger partial charge in [0, 0.05) is 56.7 Å². The van der Waals surface area contributed by atoms with Gasteiger partial charge < -0.3 is 10.0 Å². The fraction of sp³-hybridized carbons (Fsp3) is 0.647. The van der Waals surface area contributed by atoms with E-state index in [2.05, 4.69) is 26.9 Å². The van der Waals surface area contributed by atoms with Gasteiger partial charge in [-0.2, -0.15) is 0 Å². The summed E-state index contributed by atoms with van der Waals surface area (Å²) in [6.07, 6.45) is 8.52. The predicted molar refractivity (Wildman–Crippen MR) is 86.0 cm³/mol. The molecule has 5 heteroatoms. The molecule has 0 unspecified atom stereocenters. The zero-order chi connectivity index (χ0) is 15.4. The second-order valence-corrected chi connectivity index (χ2v) is 6.50. The molecule has 3 rings (SSSR count). The highest BCUT2D eigenvalue weighted by Crippen LogP contribution is 2.30. The number of nitrogens with zero attached hydrogens (tertiary/aromatic N) is 3. The van der Waals surface area contributed by atoms with Gasteiger partial charge in [-0.05, 0) is 43.7 Å². The van der Waals surface area contributed by atoms with E-state index in [1.807, 2.05) is 12.4 Å². The molecule has 0 radical (unpaired) electrons. The summed E-state index contributed by atoms with van der Waals surface area (Å²) in [4.78, 5) is 19.9. The van der Waals surface area contributed by atoms with Gasteiger partial charge in [-0.3, -0.25) is 14.7 Å². The lowest BCUT2D eigenvalue weighted by atomic mass is 9.83. The third kappa shape index (κ3) is 3.77. The molecule has 1 aromatic rings. The minimum absolute atomic E-state index is 0.350. The van der Waals surface area contributed by atoms with Gasteiger partial charge in [0.1, 0.15) is 0 Å². The Hall–Kier alpha value is -1.62. The average molecular weight is 303 g/mol. The maximum Gasteiger partial charge on any atom is 0.303 e. The minimum Gasteiger partial charge on any atom is -0.481 e. The van der Waals surface area contributed by atoms with Crippen molar-refractivity contribution in [2.24, 2.45) is 5.92 Å². The van der Waals surface area contributed by atoms with Crippen LogP contribution >= 0.6 is 0 Å². The van der Waals surface area contributed by atoms with E-state index < -0.39 is 5.97 Å². The van der Waals surface area contributed by atoms with Crippen molar-refractivity contribution in [1.82, 2.24) is 9.88 Å². The highest BCUT2D eigenvalue weighted by atomic mass is 16.4. The third-order valence-corrected chi connectivity index (χ3v) is 5.14. The molecule has 5 nitrogen and oxygen atoms in total. The second-order valence-electron chi connectivity index (χ2n) is 6.50. The van der Waals surface area contributed by atoms with Crippen LogP contribution in [0.5, 0.6) is 0 Å². The summed E-state index contributed by atoms with van der Waals surface area (Å²) in [5, 5.41) is 8.90. The number of carbonyl (C=O) groups is 1. The van der Waals surface area contributed by atoms with Crippen molar-refractivity contribution in [2.75, 3.05) is 31.1 Å². The molecule has 0 spiro atoms. The normalized spacial score (nSPS) is 26.8. The molecule has 1 N–H and O–H groups in total. The Morgan fingerprint density at radius 1 is 1.09 bits per heavy atom. The number of piperazine rings is 1. The van der Waals surface area contributed by atoms with Crippen LogP contribution in [0.4, 0.5) is 5.69 Å². The molecule has 120 valence electrons. The van der Waals surface area contributed by atoms with Gasteiger partial charge in [-0.1, -0.05) is 0 Å². The number of rotatable bonds is 4. The molecule has 1 aliphatic carbocycles. The van der Waals surface area contributed by atoms with Crippen LogP contribution < -0.4 is 4.90 Å². The fourth-order valence-electron chi connectivity index (χ4n) is 3.86. The van der Waals surface area contributed by atoms with Crippen molar-refractivity contribution in [2.45, 2.75) is 38.1 Å². The number of aromatic nitrogens is 1. The molecule has 22 heavy (non-hydrogen) atoms. The molecule has 1 aromatic heterocycles. The summed E-state index contributed by atoms with van der Waals surface area (Å²) in [5.41, 5.74) is 1.26. The lowest BCUT2D eigenvalue weighted by Crippen LogP contribution is -2.51. The number of anilines is 1. The van der Waals surface area contributed by atoms with Crippen LogP contribution in [0.2, 0.25) is 0 Å². The van der Waals surface area contributed by atoms with Gasteiger partial charge in [0.25, 0.3) is 0 Å². The quantitative estimate of drug-likeness (QED) is 0.924. The molecular weight excluding hydrogens is 278 g/mol. The Bertz CT molecular complexity index is 478. The fourth-order valence-corrected chi connectivity index (χ4v) is 3.86. The zero-order valence-electron chi connectivity index (χ0n) is 13.0. The molecule has 1 aliphatic heterocycles. The first-order chi connectivity index (χ1) is 10.7. The predicted octanol–water partition coefficient (Wildman–Crippen LogP) is 2.24. The Morgan fingerprint density at radius 2 is 1.73 bits per heavy atom. The van der Waals surface area contributed by atoms with Crippen LogP contribution in [0.25, 0.3) is 0 Å². The van der Waals surface area contributed by atoms with Crippen LogP contribution in [-0.4, -0.2) is 53.2 Å². The van der Waals surface area contributed by atoms with Gasteiger partial charge in [-0.15, -0.1) is 0 Å². The van der Waals surface area contributed by atoms with Gasteiger partial charge in [0.15, 0.2) is 0 Å². The Labute approximate surface area is 131 Å². The standard InChI is InChI=1S/C17H25N3O2/c21-17(22)13-14-1-3-15(4-2-14)19-9-11-20(12-10-19)16-5-7-18-8-6-16/h5-8,14-15H,1-4,9-13H2,(H,21,22). The van der Waals surface area contributed by atoms with Crippen molar-refractivity contribution in [3.63, 3.8) is 0 Å². The number of carboxylic acid groups (broad SMARTS) is 1. The van der Waals surface area contributed by atoms with Crippen LogP contribution in [-0.2, 0) is 4.79 Å². The van der Waals surface area contributed by atoms with Crippen LogP contribution in [0.3, 0.4) is 0 Å². The maximum atomic E-state index is 10.8. The molecule has 2 aliphatic rings. The number of pyridine rings is 1. The molecule has 0 atom stereocenters. The molecule has 2 heterocycles. The van der Waals surface area contributed by atoms with E-state index in [4.69, 9.17) is 5.11 Å². The highest BCUT2D eigenvalue weighted by Gasteiger charge is 2.29. The molecule has 1 saturated carbocycles. The molecule has 0 aromatic carbocycles. The summed E-state index contributed by atoms with van der Waals surface area (Å²) < 4.78 is 0. The lowest BCUT2D eigenvalue weighted by molar-refractivity contribution is -0.138. The SMILES string of the molecule is O=C(O)CC1CCC(N2CCN(c3ccncc3)CC2)CC1. The van der Waals surface area contributed by atoms with Crippen LogP contribution in [0.1, 0.15) is 32.1 Å². The van der Waals surface area contributed by atoms with Gasteiger partial charge >= 0.3 is 5.97 Å². The van der Waals surface area contributed by atoms with Crippen molar-refractivity contribution < 1.29 is 9.90 Å². The van der Waals surface area contributed by atoms with E-state index in [1.165, 1.54) is 5.69 Å². The van der Waals surface area contributed by atoms with Crippen molar-refractivity contribution in [1.29, 1.82) is 0 Å². The molecule has 0 bridgehead atoms. The molecule has 1 saturated heterocycles. The maximum absolute atomic E-state index is 10.8. The number of carboxylic acids is 1. The summed E-state index contributed by atoms with van der Waals surface area (Å²) in [5.74, 6) is -0.249. The second kappa shape index (κ2) is 7.09. The molecule has 0 amide bonds. The van der Waals surface area contributed by atoms with E-state index in [0.717, 1.165) is 51.9 Å². The van der Waals surface area contributed by atoms with Crippen LogP contribution in [0.15, 0.2) is 24.5 Å². The third-order valence-electron chi connectivity index (χ3n) is 5.14. The van der Waals surface area contributed by atoms with E-state index >= 15 is 0 Å². The number of aliphatic carboxylic acids is 1. The summed E-state index contributed by atoms with van der Waals surface area (Å²) in [6, 6.07) is 4.81. The van der Waals surface area contributed by atoms with Crippen molar-refractivity contribution in [3.05, 3.63) is 24.5 Å². The first-order valence-electron chi connectivity index (χ1n) is 8.33. The summed E-state index contributed by atoms with van der Waals surface area (Å²) in [7, 11) is 0. The zero-order valence-corrected chi connectivity index (χ0v) is 13.0. The summed E-state index contributed by atoms with van der Waals surface area (Å²) in [6.45, 7) is 4.35. The smallest absolute Gasteiger partial charge is 0.303 e. The first kappa shape index (κ1) is 15.3. The van der Waals surface area contributed by atoms with Crippen molar-refractivity contribution in [3.8, 4) is 0 Å². The van der Waals surface area contributed by atoms with E-state index in [0.29, 0.717) is 18.4 Å². The number of hydrogen-bond acceptors (Lipinski definition) is 4. The molecule has 2 fully saturated rings. The summed E-state index contributed by atoms with van der Waals surface area (Å²) >= 11 is 0. The topological polar surface area (TPSA) is 56.7 Å². The van der Waals surface area contributed by atoms with Crippen LogP contribution in [0, 0.1) is 5.92 Å². The van der Waals surface area contributed by atoms with E-state index in [1.54, 1.807) is 0 Å². The van der Waals surface area contributed by atoms with E-state index in [9.17, 15) is 4.79 Å². The van der Waals surface area contributed by atoms with Gasteiger partial charge in [-0.25, -0.2) is 0 Å². The van der Waals surface area contributed by atoms with Crippen molar-refractivity contribution >= 4 is 11.7 Å². The van der Waals surface area contributed by atoms with E-state index in [-0.39, 0.29) is 0 Å². The lowest BCUT2D eigenvalue weighted by Gasteiger charge is -2.42. The monoisotopic (exact) mass is 303 g/mol. The molecular formula is C17H25N3O2. The Morgan fingerprint density at radius 3 is 2.32 bits per heavy atom. The Balaban J connectivity index is 1.45. The van der Waals surface area contributed by atoms with Gasteiger partial charge in [0.2, 0.25) is 0 Å². The minimum atomic E-state index is -0.644.